The number of carbonyl (C=O) groups is 2. The molecule has 3 rings (SSSR count). The van der Waals surface area contributed by atoms with Crippen molar-refractivity contribution in [2.75, 3.05) is 5.32 Å². The number of anilines is 1. The van der Waals surface area contributed by atoms with E-state index in [2.05, 4.69) is 11.9 Å². The Labute approximate surface area is 135 Å². The third kappa shape index (κ3) is 2.86. The lowest BCUT2D eigenvalue weighted by Gasteiger charge is -2.11. The van der Waals surface area contributed by atoms with Crippen LogP contribution in [0.2, 0.25) is 0 Å². The standard InChI is InChI=1S/C20H17NO2/c1-13(2)15-8-5-6-10-18(15)21-20(23)19(22)17-12-11-14-7-3-4-9-16(14)17/h3-10,12H,1,11H2,2H3,(H,21,23). The second-order valence-electron chi connectivity index (χ2n) is 5.59. The average molecular weight is 303 g/mol. The summed E-state index contributed by atoms with van der Waals surface area (Å²) in [7, 11) is 0. The molecule has 23 heavy (non-hydrogen) atoms. The van der Waals surface area contributed by atoms with Crippen LogP contribution < -0.4 is 5.32 Å². The quantitative estimate of drug-likeness (QED) is 0.872. The minimum atomic E-state index is -0.623. The number of nitrogens with one attached hydrogen (secondary N) is 1. The highest BCUT2D eigenvalue weighted by molar-refractivity contribution is 6.56. The molecule has 0 heterocycles. The van der Waals surface area contributed by atoms with E-state index in [0.29, 0.717) is 17.7 Å². The summed E-state index contributed by atoms with van der Waals surface area (Å²) in [5.74, 6) is -1.13. The number of Topliss-reactive ketones (excluding diaryl/α,β-unsaturated/α-hetero) is 1. The molecule has 1 N–H and O–H groups in total. The van der Waals surface area contributed by atoms with Gasteiger partial charge in [0.15, 0.2) is 0 Å². The van der Waals surface area contributed by atoms with Gasteiger partial charge >= 0.3 is 0 Å². The first-order valence-corrected chi connectivity index (χ1v) is 7.47. The van der Waals surface area contributed by atoms with Gasteiger partial charge in [-0.15, -0.1) is 0 Å². The van der Waals surface area contributed by atoms with E-state index < -0.39 is 11.7 Å². The molecule has 0 fully saturated rings. The predicted octanol–water partition coefficient (Wildman–Crippen LogP) is 3.87. The number of ketones is 1. The van der Waals surface area contributed by atoms with Crippen LogP contribution in [0.25, 0.3) is 11.1 Å². The summed E-state index contributed by atoms with van der Waals surface area (Å²) in [5, 5.41) is 2.71. The maximum Gasteiger partial charge on any atom is 0.296 e. The van der Waals surface area contributed by atoms with E-state index in [1.807, 2.05) is 55.5 Å². The van der Waals surface area contributed by atoms with E-state index in [-0.39, 0.29) is 0 Å². The Hall–Kier alpha value is -2.94. The molecule has 0 unspecified atom stereocenters. The Morgan fingerprint density at radius 1 is 1.04 bits per heavy atom. The van der Waals surface area contributed by atoms with Crippen molar-refractivity contribution in [3.63, 3.8) is 0 Å². The Bertz CT molecular complexity index is 846. The molecule has 2 aromatic rings. The minimum absolute atomic E-state index is 0.478. The third-order valence-electron chi connectivity index (χ3n) is 3.92. The summed E-state index contributed by atoms with van der Waals surface area (Å²) in [4.78, 5) is 24.8. The molecule has 0 aliphatic heterocycles. The highest BCUT2D eigenvalue weighted by Gasteiger charge is 2.25. The fourth-order valence-corrected chi connectivity index (χ4v) is 2.76. The van der Waals surface area contributed by atoms with Crippen molar-refractivity contribution in [1.82, 2.24) is 0 Å². The van der Waals surface area contributed by atoms with Crippen LogP contribution in [0.4, 0.5) is 5.69 Å². The zero-order chi connectivity index (χ0) is 16.4. The van der Waals surface area contributed by atoms with Crippen LogP contribution in [-0.4, -0.2) is 11.7 Å². The number of hydrogen-bond donors (Lipinski definition) is 1. The molecule has 1 aliphatic carbocycles. The summed E-state index contributed by atoms with van der Waals surface area (Å²) in [6.45, 7) is 5.76. The number of rotatable bonds is 4. The Balaban J connectivity index is 1.83. The van der Waals surface area contributed by atoms with Gasteiger partial charge in [-0.05, 0) is 36.1 Å². The third-order valence-corrected chi connectivity index (χ3v) is 3.92. The van der Waals surface area contributed by atoms with Gasteiger partial charge in [0, 0.05) is 16.8 Å². The van der Waals surface area contributed by atoms with Crippen LogP contribution >= 0.6 is 0 Å². The molecule has 2 aromatic carbocycles. The van der Waals surface area contributed by atoms with Crippen molar-refractivity contribution in [3.05, 3.63) is 77.9 Å². The highest BCUT2D eigenvalue weighted by atomic mass is 16.2. The van der Waals surface area contributed by atoms with Gasteiger partial charge in [-0.25, -0.2) is 0 Å². The van der Waals surface area contributed by atoms with E-state index in [1.54, 1.807) is 6.07 Å². The smallest absolute Gasteiger partial charge is 0.296 e. The first-order valence-electron chi connectivity index (χ1n) is 7.47. The number of fused-ring (bicyclic) bond motifs is 1. The van der Waals surface area contributed by atoms with E-state index >= 15 is 0 Å². The maximum absolute atomic E-state index is 12.5. The van der Waals surface area contributed by atoms with Gasteiger partial charge in [-0.2, -0.15) is 0 Å². The van der Waals surface area contributed by atoms with Crippen LogP contribution in [0.3, 0.4) is 0 Å². The van der Waals surface area contributed by atoms with E-state index in [4.69, 9.17) is 0 Å². The number of hydrogen-bond acceptors (Lipinski definition) is 2. The van der Waals surface area contributed by atoms with Gasteiger partial charge < -0.3 is 5.32 Å². The minimum Gasteiger partial charge on any atom is -0.319 e. The summed E-state index contributed by atoms with van der Waals surface area (Å²) >= 11 is 0. The Morgan fingerprint density at radius 3 is 2.52 bits per heavy atom. The Morgan fingerprint density at radius 2 is 1.74 bits per heavy atom. The molecule has 3 nitrogen and oxygen atoms in total. The molecule has 0 radical (unpaired) electrons. The van der Waals surface area contributed by atoms with Crippen molar-refractivity contribution in [2.45, 2.75) is 13.3 Å². The van der Waals surface area contributed by atoms with Crippen molar-refractivity contribution < 1.29 is 9.59 Å². The normalized spacial score (nSPS) is 12.3. The molecular formula is C20H17NO2. The first kappa shape index (κ1) is 15.0. The molecule has 1 aliphatic rings. The van der Waals surface area contributed by atoms with Crippen LogP contribution in [0.15, 0.2) is 61.2 Å². The van der Waals surface area contributed by atoms with E-state index in [9.17, 15) is 9.59 Å². The lowest BCUT2D eigenvalue weighted by Crippen LogP contribution is -2.24. The lowest BCUT2D eigenvalue weighted by atomic mass is 10.0. The molecule has 0 spiro atoms. The SMILES string of the molecule is C=C(C)c1ccccc1NC(=O)C(=O)C1=CCc2ccccc21. The molecule has 0 saturated carbocycles. The fourth-order valence-electron chi connectivity index (χ4n) is 2.76. The monoisotopic (exact) mass is 303 g/mol. The van der Waals surface area contributed by atoms with Gasteiger partial charge in [0.2, 0.25) is 0 Å². The Kier molecular flexibility index (Phi) is 3.94. The molecule has 1 amide bonds. The number of para-hydroxylation sites is 1. The summed E-state index contributed by atoms with van der Waals surface area (Å²) in [5.41, 5.74) is 4.66. The van der Waals surface area contributed by atoms with Gasteiger partial charge in [-0.3, -0.25) is 9.59 Å². The number of amides is 1. The molecule has 0 bridgehead atoms. The number of benzene rings is 2. The van der Waals surface area contributed by atoms with Gasteiger partial charge in [0.25, 0.3) is 11.7 Å². The topological polar surface area (TPSA) is 46.2 Å². The zero-order valence-corrected chi connectivity index (χ0v) is 12.9. The van der Waals surface area contributed by atoms with Crippen LogP contribution in [-0.2, 0) is 16.0 Å². The van der Waals surface area contributed by atoms with Gasteiger partial charge in [0.1, 0.15) is 0 Å². The van der Waals surface area contributed by atoms with Gasteiger partial charge in [-0.1, -0.05) is 55.1 Å². The summed E-state index contributed by atoms with van der Waals surface area (Å²) < 4.78 is 0. The van der Waals surface area contributed by atoms with Crippen molar-refractivity contribution in [3.8, 4) is 0 Å². The summed E-state index contributed by atoms with van der Waals surface area (Å²) in [6.07, 6.45) is 2.50. The zero-order valence-electron chi connectivity index (χ0n) is 12.9. The van der Waals surface area contributed by atoms with Crippen molar-refractivity contribution >= 4 is 28.5 Å². The second-order valence-corrected chi connectivity index (χ2v) is 5.59. The number of allylic oxidation sites excluding steroid dienone is 2. The highest BCUT2D eigenvalue weighted by Crippen LogP contribution is 2.28. The molecule has 0 saturated heterocycles. The van der Waals surface area contributed by atoms with Crippen molar-refractivity contribution in [1.29, 1.82) is 0 Å². The van der Waals surface area contributed by atoms with Gasteiger partial charge in [0.05, 0.1) is 0 Å². The summed E-state index contributed by atoms with van der Waals surface area (Å²) in [6, 6.07) is 15.0. The molecule has 0 atom stereocenters. The second kappa shape index (κ2) is 6.05. The molecule has 114 valence electrons. The predicted molar refractivity (Wildman–Crippen MR) is 92.9 cm³/mol. The van der Waals surface area contributed by atoms with Crippen LogP contribution in [0.1, 0.15) is 23.6 Å². The molecular weight excluding hydrogens is 286 g/mol. The van der Waals surface area contributed by atoms with Crippen molar-refractivity contribution in [2.24, 2.45) is 0 Å². The van der Waals surface area contributed by atoms with Crippen LogP contribution in [0.5, 0.6) is 0 Å². The molecule has 3 heteroatoms. The maximum atomic E-state index is 12.5. The first-order chi connectivity index (χ1) is 11.1. The van der Waals surface area contributed by atoms with E-state index in [1.165, 1.54) is 0 Å². The largest absolute Gasteiger partial charge is 0.319 e. The average Bonchev–Trinajstić information content (AvgIpc) is 2.98. The molecule has 0 aromatic heterocycles. The van der Waals surface area contributed by atoms with E-state index in [0.717, 1.165) is 22.3 Å². The fraction of sp³-hybridized carbons (Fsp3) is 0.100. The lowest BCUT2D eigenvalue weighted by molar-refractivity contribution is -0.131. The van der Waals surface area contributed by atoms with Crippen LogP contribution in [0, 0.1) is 0 Å². The number of carbonyl (C=O) groups excluding carboxylic acids is 2.